The van der Waals surface area contributed by atoms with Gasteiger partial charge in [-0.25, -0.2) is 0 Å². The van der Waals surface area contributed by atoms with Crippen LogP contribution in [0.2, 0.25) is 5.02 Å². The van der Waals surface area contributed by atoms with Crippen LogP contribution in [0.5, 0.6) is 0 Å². The number of benzene rings is 2. The van der Waals surface area contributed by atoms with Crippen molar-refractivity contribution in [2.24, 2.45) is 0 Å². The third-order valence-corrected chi connectivity index (χ3v) is 4.38. The number of hydrogen-bond acceptors (Lipinski definition) is 2. The highest BCUT2D eigenvalue weighted by Gasteiger charge is 2.20. The van der Waals surface area contributed by atoms with E-state index in [-0.39, 0.29) is 0 Å². The molecule has 0 aliphatic carbocycles. The molecule has 0 saturated heterocycles. The summed E-state index contributed by atoms with van der Waals surface area (Å²) < 4.78 is 0. The predicted molar refractivity (Wildman–Crippen MR) is 70.7 cm³/mol. The molecule has 0 radical (unpaired) electrons. The van der Waals surface area contributed by atoms with Gasteiger partial charge in [-0.15, -0.1) is 0 Å². The summed E-state index contributed by atoms with van der Waals surface area (Å²) >= 11 is 7.68. The molecule has 1 aliphatic heterocycles. The Bertz CT molecular complexity index is 568. The standard InChI is InChI=1S/C14H11ClOS/c15-10-5-6-14-11(8-10)12(16)7-9-3-1-2-4-13(9)17-14/h1-6,8,12,16H,7H2. The molecular weight excluding hydrogens is 252 g/mol. The summed E-state index contributed by atoms with van der Waals surface area (Å²) in [6.07, 6.45) is 0.177. The van der Waals surface area contributed by atoms with Gasteiger partial charge in [0.2, 0.25) is 0 Å². The lowest BCUT2D eigenvalue weighted by Crippen LogP contribution is -2.01. The summed E-state index contributed by atoms with van der Waals surface area (Å²) in [7, 11) is 0. The second-order valence-electron chi connectivity index (χ2n) is 4.11. The molecule has 0 aromatic heterocycles. The number of aliphatic hydroxyl groups excluding tert-OH is 1. The summed E-state index contributed by atoms with van der Waals surface area (Å²) in [5.41, 5.74) is 2.12. The van der Waals surface area contributed by atoms with Crippen molar-refractivity contribution in [2.75, 3.05) is 0 Å². The molecule has 17 heavy (non-hydrogen) atoms. The minimum atomic E-state index is -0.472. The molecule has 1 nitrogen and oxygen atoms in total. The first kappa shape index (κ1) is 11.1. The van der Waals surface area contributed by atoms with Gasteiger partial charge in [-0.2, -0.15) is 0 Å². The van der Waals surface area contributed by atoms with Gasteiger partial charge < -0.3 is 5.11 Å². The van der Waals surface area contributed by atoms with E-state index >= 15 is 0 Å². The SMILES string of the molecule is OC1Cc2ccccc2Sc2ccc(Cl)cc21. The maximum Gasteiger partial charge on any atom is 0.0842 e. The molecule has 3 rings (SSSR count). The molecular formula is C14H11ClOS. The van der Waals surface area contributed by atoms with E-state index in [0.717, 1.165) is 10.5 Å². The highest BCUT2D eigenvalue weighted by molar-refractivity contribution is 7.99. The van der Waals surface area contributed by atoms with Crippen LogP contribution in [0.4, 0.5) is 0 Å². The fourth-order valence-corrected chi connectivity index (χ4v) is 3.38. The lowest BCUT2D eigenvalue weighted by molar-refractivity contribution is 0.175. The Kier molecular flexibility index (Phi) is 2.87. The zero-order valence-electron chi connectivity index (χ0n) is 9.06. The van der Waals surface area contributed by atoms with Crippen molar-refractivity contribution in [3.63, 3.8) is 0 Å². The molecule has 86 valence electrons. The molecule has 0 amide bonds. The number of halogens is 1. The summed E-state index contributed by atoms with van der Waals surface area (Å²) in [4.78, 5) is 2.31. The molecule has 1 atom stereocenters. The van der Waals surface area contributed by atoms with Gasteiger partial charge in [0.05, 0.1) is 6.10 Å². The van der Waals surface area contributed by atoms with E-state index in [9.17, 15) is 5.11 Å². The van der Waals surface area contributed by atoms with Crippen molar-refractivity contribution in [3.8, 4) is 0 Å². The van der Waals surface area contributed by atoms with Crippen LogP contribution in [0.1, 0.15) is 17.2 Å². The van der Waals surface area contributed by atoms with Gasteiger partial charge in [0.1, 0.15) is 0 Å². The van der Waals surface area contributed by atoms with E-state index in [1.807, 2.05) is 30.3 Å². The van der Waals surface area contributed by atoms with E-state index in [0.29, 0.717) is 11.4 Å². The van der Waals surface area contributed by atoms with Crippen LogP contribution in [0.25, 0.3) is 0 Å². The van der Waals surface area contributed by atoms with Gasteiger partial charge >= 0.3 is 0 Å². The van der Waals surface area contributed by atoms with Crippen LogP contribution < -0.4 is 0 Å². The van der Waals surface area contributed by atoms with Crippen molar-refractivity contribution in [1.29, 1.82) is 0 Å². The van der Waals surface area contributed by atoms with E-state index < -0.39 is 6.10 Å². The molecule has 1 aliphatic rings. The Morgan fingerprint density at radius 2 is 1.94 bits per heavy atom. The predicted octanol–water partition coefficient (Wildman–Crippen LogP) is 4.08. The van der Waals surface area contributed by atoms with E-state index in [1.54, 1.807) is 11.8 Å². The zero-order valence-corrected chi connectivity index (χ0v) is 10.6. The molecule has 3 heteroatoms. The van der Waals surface area contributed by atoms with Crippen molar-refractivity contribution < 1.29 is 5.11 Å². The van der Waals surface area contributed by atoms with Crippen molar-refractivity contribution in [1.82, 2.24) is 0 Å². The third-order valence-electron chi connectivity index (χ3n) is 2.94. The molecule has 2 aromatic carbocycles. The first-order valence-corrected chi connectivity index (χ1v) is 6.67. The number of hydrogen-bond donors (Lipinski definition) is 1. The zero-order chi connectivity index (χ0) is 11.8. The molecule has 0 fully saturated rings. The van der Waals surface area contributed by atoms with Gasteiger partial charge in [-0.05, 0) is 35.4 Å². The van der Waals surface area contributed by atoms with Gasteiger partial charge in [0.25, 0.3) is 0 Å². The quantitative estimate of drug-likeness (QED) is 0.772. The highest BCUT2D eigenvalue weighted by atomic mass is 35.5. The van der Waals surface area contributed by atoms with Gasteiger partial charge in [0.15, 0.2) is 0 Å². The second-order valence-corrected chi connectivity index (χ2v) is 5.63. The molecule has 2 aromatic rings. The Balaban J connectivity index is 2.14. The third kappa shape index (κ3) is 2.08. The van der Waals surface area contributed by atoms with Crippen molar-refractivity contribution in [2.45, 2.75) is 22.3 Å². The van der Waals surface area contributed by atoms with Crippen LogP contribution >= 0.6 is 23.4 Å². The van der Waals surface area contributed by atoms with E-state index in [4.69, 9.17) is 11.6 Å². The summed E-state index contributed by atoms with van der Waals surface area (Å²) in [5.74, 6) is 0. The van der Waals surface area contributed by atoms with Crippen LogP contribution in [0, 0.1) is 0 Å². The smallest absolute Gasteiger partial charge is 0.0842 e. The van der Waals surface area contributed by atoms with E-state index in [2.05, 4.69) is 12.1 Å². The van der Waals surface area contributed by atoms with Crippen LogP contribution in [0.15, 0.2) is 52.3 Å². The monoisotopic (exact) mass is 262 g/mol. The molecule has 0 bridgehead atoms. The normalized spacial score (nSPS) is 18.1. The van der Waals surface area contributed by atoms with Gasteiger partial charge in [-0.3, -0.25) is 0 Å². The van der Waals surface area contributed by atoms with Gasteiger partial charge in [0, 0.05) is 21.2 Å². The second kappa shape index (κ2) is 4.37. The lowest BCUT2D eigenvalue weighted by atomic mass is 10.0. The Morgan fingerprint density at radius 3 is 2.82 bits per heavy atom. The Labute approximate surface area is 109 Å². The Hall–Kier alpha value is -0.960. The first-order valence-electron chi connectivity index (χ1n) is 5.47. The molecule has 0 saturated carbocycles. The molecule has 0 spiro atoms. The molecule has 1 heterocycles. The van der Waals surface area contributed by atoms with Crippen LogP contribution in [0.3, 0.4) is 0 Å². The first-order chi connectivity index (χ1) is 8.24. The maximum absolute atomic E-state index is 10.2. The fourth-order valence-electron chi connectivity index (χ4n) is 2.08. The summed E-state index contributed by atoms with van der Waals surface area (Å²) in [5, 5.41) is 10.9. The average Bonchev–Trinajstić information content (AvgIpc) is 2.46. The summed E-state index contributed by atoms with van der Waals surface area (Å²) in [6.45, 7) is 0. The molecule has 1 N–H and O–H groups in total. The Morgan fingerprint density at radius 1 is 1.12 bits per heavy atom. The largest absolute Gasteiger partial charge is 0.388 e. The van der Waals surface area contributed by atoms with Crippen LogP contribution in [-0.4, -0.2) is 5.11 Å². The van der Waals surface area contributed by atoms with Crippen LogP contribution in [-0.2, 0) is 6.42 Å². The van der Waals surface area contributed by atoms with Gasteiger partial charge in [-0.1, -0.05) is 41.6 Å². The minimum absolute atomic E-state index is 0.472. The topological polar surface area (TPSA) is 20.2 Å². The van der Waals surface area contributed by atoms with Crippen molar-refractivity contribution in [3.05, 3.63) is 58.6 Å². The molecule has 1 unspecified atom stereocenters. The fraction of sp³-hybridized carbons (Fsp3) is 0.143. The minimum Gasteiger partial charge on any atom is -0.388 e. The number of aliphatic hydroxyl groups is 1. The highest BCUT2D eigenvalue weighted by Crippen LogP contribution is 2.41. The number of fused-ring (bicyclic) bond motifs is 2. The summed E-state index contributed by atoms with van der Waals surface area (Å²) in [6, 6.07) is 13.9. The maximum atomic E-state index is 10.2. The van der Waals surface area contributed by atoms with Crippen molar-refractivity contribution >= 4 is 23.4 Å². The lowest BCUT2D eigenvalue weighted by Gasteiger charge is -2.11. The number of rotatable bonds is 0. The average molecular weight is 263 g/mol. The van der Waals surface area contributed by atoms with E-state index in [1.165, 1.54) is 10.5 Å².